The summed E-state index contributed by atoms with van der Waals surface area (Å²) in [5.74, 6) is -0.834. The lowest BCUT2D eigenvalue weighted by Crippen LogP contribution is -2.02. The summed E-state index contributed by atoms with van der Waals surface area (Å²) in [5, 5.41) is 8.27. The number of carboxylic acid groups (broad SMARTS) is 1. The molecule has 56 valence electrons. The summed E-state index contributed by atoms with van der Waals surface area (Å²) in [7, 11) is 0. The Kier molecular flexibility index (Phi) is 2.42. The molecule has 1 saturated carbocycles. The molecule has 10 heavy (non-hydrogen) atoms. The molecule has 1 aliphatic carbocycles. The molecule has 0 spiro atoms. The van der Waals surface area contributed by atoms with E-state index in [9.17, 15) is 4.79 Å². The maximum Gasteiger partial charge on any atom is 0.325 e. The van der Waals surface area contributed by atoms with E-state index in [0.29, 0.717) is 0 Å². The van der Waals surface area contributed by atoms with Crippen molar-refractivity contribution in [2.24, 2.45) is 4.99 Å². The van der Waals surface area contributed by atoms with Crippen LogP contribution in [0.5, 0.6) is 0 Å². The first kappa shape index (κ1) is 7.25. The lowest BCUT2D eigenvalue weighted by Gasteiger charge is -1.90. The van der Waals surface area contributed by atoms with E-state index in [-0.39, 0.29) is 6.54 Å². The Morgan fingerprint density at radius 2 is 2.10 bits per heavy atom. The molecule has 0 amide bonds. The van der Waals surface area contributed by atoms with E-state index in [1.807, 2.05) is 0 Å². The highest BCUT2D eigenvalue weighted by atomic mass is 16.4. The highest BCUT2D eigenvalue weighted by molar-refractivity contribution is 5.87. The van der Waals surface area contributed by atoms with Crippen molar-refractivity contribution < 1.29 is 9.90 Å². The first-order valence-corrected chi connectivity index (χ1v) is 3.53. The minimum atomic E-state index is -0.834. The van der Waals surface area contributed by atoms with Gasteiger partial charge in [0.2, 0.25) is 0 Å². The van der Waals surface area contributed by atoms with Crippen LogP contribution in [-0.2, 0) is 4.79 Å². The summed E-state index contributed by atoms with van der Waals surface area (Å²) in [4.78, 5) is 14.0. The van der Waals surface area contributed by atoms with Crippen LogP contribution < -0.4 is 0 Å². The molecule has 3 heteroatoms. The molecule has 0 saturated heterocycles. The van der Waals surface area contributed by atoms with Gasteiger partial charge in [-0.05, 0) is 25.7 Å². The Labute approximate surface area is 59.8 Å². The van der Waals surface area contributed by atoms with Gasteiger partial charge in [-0.15, -0.1) is 0 Å². The van der Waals surface area contributed by atoms with Crippen molar-refractivity contribution in [1.29, 1.82) is 0 Å². The van der Waals surface area contributed by atoms with Gasteiger partial charge in [-0.2, -0.15) is 0 Å². The lowest BCUT2D eigenvalue weighted by atomic mass is 10.3. The van der Waals surface area contributed by atoms with Crippen LogP contribution in [0, 0.1) is 0 Å². The number of carbonyl (C=O) groups is 1. The zero-order chi connectivity index (χ0) is 7.40. The number of aliphatic carboxylic acids is 1. The normalized spacial score (nSPS) is 17.4. The van der Waals surface area contributed by atoms with Crippen molar-refractivity contribution >= 4 is 11.7 Å². The summed E-state index contributed by atoms with van der Waals surface area (Å²) >= 11 is 0. The van der Waals surface area contributed by atoms with E-state index >= 15 is 0 Å². The minimum Gasteiger partial charge on any atom is -0.480 e. The Morgan fingerprint density at radius 1 is 1.50 bits per heavy atom. The molecule has 0 aromatic rings. The number of hydrogen-bond donors (Lipinski definition) is 1. The van der Waals surface area contributed by atoms with E-state index in [1.165, 1.54) is 12.8 Å². The van der Waals surface area contributed by atoms with Crippen molar-refractivity contribution in [3.8, 4) is 0 Å². The Morgan fingerprint density at radius 3 is 2.60 bits per heavy atom. The van der Waals surface area contributed by atoms with Gasteiger partial charge in [0.05, 0.1) is 0 Å². The van der Waals surface area contributed by atoms with E-state index in [0.717, 1.165) is 18.6 Å². The van der Waals surface area contributed by atoms with Crippen LogP contribution >= 0.6 is 0 Å². The smallest absolute Gasteiger partial charge is 0.325 e. The molecule has 0 radical (unpaired) electrons. The molecular weight excluding hydrogens is 130 g/mol. The van der Waals surface area contributed by atoms with Crippen molar-refractivity contribution in [3.05, 3.63) is 0 Å². The van der Waals surface area contributed by atoms with Crippen LogP contribution in [0.4, 0.5) is 0 Å². The number of hydrogen-bond acceptors (Lipinski definition) is 2. The third-order valence-electron chi connectivity index (χ3n) is 1.62. The van der Waals surface area contributed by atoms with Crippen LogP contribution in [0.3, 0.4) is 0 Å². The summed E-state index contributed by atoms with van der Waals surface area (Å²) < 4.78 is 0. The van der Waals surface area contributed by atoms with Gasteiger partial charge >= 0.3 is 5.97 Å². The average molecular weight is 141 g/mol. The first-order chi connectivity index (χ1) is 4.79. The Bertz CT molecular complexity index is 155. The largest absolute Gasteiger partial charge is 0.480 e. The second kappa shape index (κ2) is 3.34. The SMILES string of the molecule is O=C(O)CN=C1CCCC1. The molecule has 0 bridgehead atoms. The topological polar surface area (TPSA) is 49.7 Å². The van der Waals surface area contributed by atoms with Crippen LogP contribution in [0.25, 0.3) is 0 Å². The highest BCUT2D eigenvalue weighted by Gasteiger charge is 2.07. The van der Waals surface area contributed by atoms with Crippen molar-refractivity contribution in [3.63, 3.8) is 0 Å². The summed E-state index contributed by atoms with van der Waals surface area (Å²) in [6.45, 7) is -0.0463. The molecule has 0 unspecified atom stereocenters. The molecule has 0 heterocycles. The summed E-state index contributed by atoms with van der Waals surface area (Å²) in [6, 6.07) is 0. The summed E-state index contributed by atoms with van der Waals surface area (Å²) in [5.41, 5.74) is 1.09. The van der Waals surface area contributed by atoms with Crippen molar-refractivity contribution in [1.82, 2.24) is 0 Å². The van der Waals surface area contributed by atoms with E-state index < -0.39 is 5.97 Å². The monoisotopic (exact) mass is 141 g/mol. The van der Waals surface area contributed by atoms with Crippen molar-refractivity contribution in [2.75, 3.05) is 6.54 Å². The van der Waals surface area contributed by atoms with Gasteiger partial charge in [-0.1, -0.05) is 0 Å². The third kappa shape index (κ3) is 2.17. The van der Waals surface area contributed by atoms with Crippen LogP contribution in [0.1, 0.15) is 25.7 Å². The van der Waals surface area contributed by atoms with Gasteiger partial charge in [-0.25, -0.2) is 0 Å². The maximum absolute atomic E-state index is 10.0. The van der Waals surface area contributed by atoms with E-state index in [1.54, 1.807) is 0 Å². The number of aliphatic imine (C=N–C) groups is 1. The Hall–Kier alpha value is -0.860. The average Bonchev–Trinajstić information content (AvgIpc) is 2.34. The number of rotatable bonds is 2. The third-order valence-corrected chi connectivity index (χ3v) is 1.62. The quantitative estimate of drug-likeness (QED) is 0.625. The van der Waals surface area contributed by atoms with Gasteiger partial charge < -0.3 is 5.11 Å². The summed E-state index contributed by atoms with van der Waals surface area (Å²) in [6.07, 6.45) is 4.37. The molecule has 1 aliphatic rings. The van der Waals surface area contributed by atoms with Crippen LogP contribution in [0.15, 0.2) is 4.99 Å². The standard InChI is InChI=1S/C7H11NO2/c9-7(10)5-8-6-3-1-2-4-6/h1-5H2,(H,9,10). The van der Waals surface area contributed by atoms with Gasteiger partial charge in [-0.3, -0.25) is 9.79 Å². The predicted octanol–water partition coefficient (Wildman–Crippen LogP) is 1.09. The molecule has 3 nitrogen and oxygen atoms in total. The molecule has 0 atom stereocenters. The molecular formula is C7H11NO2. The predicted molar refractivity (Wildman–Crippen MR) is 38.4 cm³/mol. The van der Waals surface area contributed by atoms with Gasteiger partial charge in [0.25, 0.3) is 0 Å². The van der Waals surface area contributed by atoms with Crippen LogP contribution in [0.2, 0.25) is 0 Å². The van der Waals surface area contributed by atoms with Crippen LogP contribution in [-0.4, -0.2) is 23.3 Å². The highest BCUT2D eigenvalue weighted by Crippen LogP contribution is 2.14. The first-order valence-electron chi connectivity index (χ1n) is 3.53. The number of carboxylic acids is 1. The lowest BCUT2D eigenvalue weighted by molar-refractivity contribution is -0.135. The zero-order valence-corrected chi connectivity index (χ0v) is 5.84. The molecule has 1 fully saturated rings. The van der Waals surface area contributed by atoms with Crippen molar-refractivity contribution in [2.45, 2.75) is 25.7 Å². The second-order valence-electron chi connectivity index (χ2n) is 2.48. The van der Waals surface area contributed by atoms with Gasteiger partial charge in [0.15, 0.2) is 0 Å². The molecule has 0 aromatic carbocycles. The van der Waals surface area contributed by atoms with E-state index in [4.69, 9.17) is 5.11 Å². The molecule has 1 rings (SSSR count). The molecule has 0 aliphatic heterocycles. The maximum atomic E-state index is 10.0. The molecule has 0 aromatic heterocycles. The fourth-order valence-electron chi connectivity index (χ4n) is 1.12. The fraction of sp³-hybridized carbons (Fsp3) is 0.714. The number of nitrogens with zero attached hydrogens (tertiary/aromatic N) is 1. The fourth-order valence-corrected chi connectivity index (χ4v) is 1.12. The molecule has 1 N–H and O–H groups in total. The van der Waals surface area contributed by atoms with E-state index in [2.05, 4.69) is 4.99 Å². The van der Waals surface area contributed by atoms with Gasteiger partial charge in [0, 0.05) is 5.71 Å². The Balaban J connectivity index is 2.31. The zero-order valence-electron chi connectivity index (χ0n) is 5.84. The second-order valence-corrected chi connectivity index (χ2v) is 2.48. The van der Waals surface area contributed by atoms with Gasteiger partial charge in [0.1, 0.15) is 6.54 Å². The minimum absolute atomic E-state index is 0.0463.